The second-order valence-electron chi connectivity index (χ2n) is 7.16. The number of amides is 1. The number of carbonyl (C=O) groups excluding carboxylic acids is 1. The third kappa shape index (κ3) is 5.00. The average Bonchev–Trinajstić information content (AvgIpc) is 3.28. The molecule has 5 heteroatoms. The third-order valence-corrected chi connectivity index (χ3v) is 5.01. The maximum Gasteiger partial charge on any atom is 0.273 e. The Bertz CT molecular complexity index is 1090. The van der Waals surface area contributed by atoms with Gasteiger partial charge in [0.25, 0.3) is 5.91 Å². The van der Waals surface area contributed by atoms with Crippen LogP contribution in [0.4, 0.5) is 0 Å². The van der Waals surface area contributed by atoms with Gasteiger partial charge in [-0.2, -0.15) is 0 Å². The number of nitrogens with one attached hydrogen (secondary N) is 1. The third-order valence-electron chi connectivity index (χ3n) is 5.01. The maximum absolute atomic E-state index is 12.5. The number of rotatable bonds is 8. The smallest absolute Gasteiger partial charge is 0.273 e. The first kappa shape index (κ1) is 19.6. The van der Waals surface area contributed by atoms with Gasteiger partial charge in [-0.1, -0.05) is 90.1 Å². The summed E-state index contributed by atoms with van der Waals surface area (Å²) in [7, 11) is 0. The number of hydrogen-bond donors (Lipinski definition) is 1. The van der Waals surface area contributed by atoms with Gasteiger partial charge in [0.1, 0.15) is 0 Å². The summed E-state index contributed by atoms with van der Waals surface area (Å²) in [6.07, 6.45) is 3.63. The van der Waals surface area contributed by atoms with Gasteiger partial charge >= 0.3 is 0 Å². The zero-order chi connectivity index (χ0) is 20.6. The van der Waals surface area contributed by atoms with Crippen LogP contribution in [0.25, 0.3) is 11.1 Å². The lowest BCUT2D eigenvalue weighted by molar-refractivity contribution is 0.0946. The van der Waals surface area contributed by atoms with Gasteiger partial charge in [-0.3, -0.25) is 9.48 Å². The number of hydrogen-bond acceptors (Lipinski definition) is 3. The van der Waals surface area contributed by atoms with E-state index >= 15 is 0 Å². The van der Waals surface area contributed by atoms with Crippen LogP contribution in [0.5, 0.6) is 0 Å². The van der Waals surface area contributed by atoms with E-state index in [0.717, 1.165) is 36.1 Å². The molecule has 0 unspecified atom stereocenters. The van der Waals surface area contributed by atoms with Gasteiger partial charge in [-0.05, 0) is 35.1 Å². The molecule has 5 nitrogen and oxygen atoms in total. The van der Waals surface area contributed by atoms with Crippen LogP contribution in [0.1, 0.15) is 28.0 Å². The van der Waals surface area contributed by atoms with E-state index in [4.69, 9.17) is 0 Å². The highest BCUT2D eigenvalue weighted by molar-refractivity contribution is 5.91. The molecule has 30 heavy (non-hydrogen) atoms. The Morgan fingerprint density at radius 2 is 1.57 bits per heavy atom. The predicted molar refractivity (Wildman–Crippen MR) is 118 cm³/mol. The van der Waals surface area contributed by atoms with Crippen LogP contribution in [-0.2, 0) is 19.5 Å². The Hall–Kier alpha value is -3.73. The molecule has 0 fully saturated rings. The summed E-state index contributed by atoms with van der Waals surface area (Å²) in [6, 6.07) is 28.6. The van der Waals surface area contributed by atoms with Crippen molar-refractivity contribution in [1.82, 2.24) is 20.3 Å². The van der Waals surface area contributed by atoms with Gasteiger partial charge in [-0.15, -0.1) is 5.10 Å². The number of nitrogens with zero attached hydrogens (tertiary/aromatic N) is 3. The van der Waals surface area contributed by atoms with Crippen molar-refractivity contribution in [3.8, 4) is 11.1 Å². The average molecular weight is 396 g/mol. The van der Waals surface area contributed by atoms with E-state index in [1.54, 1.807) is 10.9 Å². The Morgan fingerprint density at radius 3 is 2.37 bits per heavy atom. The van der Waals surface area contributed by atoms with Crippen LogP contribution in [-0.4, -0.2) is 20.9 Å². The molecule has 0 spiro atoms. The van der Waals surface area contributed by atoms with Crippen molar-refractivity contribution in [1.29, 1.82) is 0 Å². The van der Waals surface area contributed by atoms with Gasteiger partial charge in [0.15, 0.2) is 5.69 Å². The zero-order valence-corrected chi connectivity index (χ0v) is 16.7. The summed E-state index contributed by atoms with van der Waals surface area (Å²) in [5.41, 5.74) is 4.95. The van der Waals surface area contributed by atoms with Gasteiger partial charge in [0, 0.05) is 13.1 Å². The molecule has 0 bridgehead atoms. The van der Waals surface area contributed by atoms with Crippen LogP contribution in [0.2, 0.25) is 0 Å². The Kier molecular flexibility index (Phi) is 6.30. The highest BCUT2D eigenvalue weighted by atomic mass is 16.2. The molecule has 3 aromatic carbocycles. The molecule has 0 radical (unpaired) electrons. The molecule has 0 atom stereocenters. The van der Waals surface area contributed by atoms with Crippen LogP contribution in [0, 0.1) is 0 Å². The summed E-state index contributed by atoms with van der Waals surface area (Å²) in [5, 5.41) is 11.1. The molecule has 0 aliphatic carbocycles. The van der Waals surface area contributed by atoms with Gasteiger partial charge in [0.2, 0.25) is 0 Å². The summed E-state index contributed by atoms with van der Waals surface area (Å²) in [6.45, 7) is 1.16. The molecule has 4 rings (SSSR count). The Morgan fingerprint density at radius 1 is 0.867 bits per heavy atom. The fourth-order valence-electron chi connectivity index (χ4n) is 3.44. The molecule has 1 amide bonds. The monoisotopic (exact) mass is 396 g/mol. The van der Waals surface area contributed by atoms with Crippen molar-refractivity contribution in [2.24, 2.45) is 0 Å². The van der Waals surface area contributed by atoms with Crippen LogP contribution in [0.15, 0.2) is 91.1 Å². The minimum atomic E-state index is -0.216. The van der Waals surface area contributed by atoms with Crippen molar-refractivity contribution in [2.45, 2.75) is 25.9 Å². The van der Waals surface area contributed by atoms with Crippen LogP contribution >= 0.6 is 0 Å². The van der Waals surface area contributed by atoms with Gasteiger partial charge in [-0.25, -0.2) is 0 Å². The zero-order valence-electron chi connectivity index (χ0n) is 16.7. The van der Waals surface area contributed by atoms with E-state index in [9.17, 15) is 4.79 Å². The molecular weight excluding hydrogens is 372 g/mol. The van der Waals surface area contributed by atoms with Gasteiger partial charge in [0.05, 0.1) is 6.20 Å². The first-order valence-corrected chi connectivity index (χ1v) is 10.2. The number of aryl methyl sites for hydroxylation is 2. The Labute approximate surface area is 176 Å². The van der Waals surface area contributed by atoms with Crippen molar-refractivity contribution in [2.75, 3.05) is 0 Å². The van der Waals surface area contributed by atoms with Crippen LogP contribution in [0.3, 0.4) is 0 Å². The van der Waals surface area contributed by atoms with Crippen molar-refractivity contribution < 1.29 is 4.79 Å². The summed E-state index contributed by atoms with van der Waals surface area (Å²) >= 11 is 0. The Balaban J connectivity index is 1.33. The molecule has 1 heterocycles. The molecule has 0 aliphatic heterocycles. The quantitative estimate of drug-likeness (QED) is 0.477. The molecule has 0 saturated heterocycles. The largest absolute Gasteiger partial charge is 0.346 e. The normalized spacial score (nSPS) is 10.7. The SMILES string of the molecule is O=C(NCc1ccccc1-c1ccccc1)c1cn(CCCc2ccccc2)nn1. The topological polar surface area (TPSA) is 59.8 Å². The molecule has 1 N–H and O–H groups in total. The summed E-state index contributed by atoms with van der Waals surface area (Å²) < 4.78 is 1.73. The second kappa shape index (κ2) is 9.65. The summed E-state index contributed by atoms with van der Waals surface area (Å²) in [4.78, 5) is 12.5. The second-order valence-corrected chi connectivity index (χ2v) is 7.16. The molecule has 0 saturated carbocycles. The summed E-state index contributed by atoms with van der Waals surface area (Å²) in [5.74, 6) is -0.216. The minimum absolute atomic E-state index is 0.216. The first-order chi connectivity index (χ1) is 14.8. The lowest BCUT2D eigenvalue weighted by Gasteiger charge is -2.10. The van der Waals surface area contributed by atoms with E-state index in [0.29, 0.717) is 12.2 Å². The fraction of sp³-hybridized carbons (Fsp3) is 0.160. The van der Waals surface area contributed by atoms with E-state index in [1.165, 1.54) is 5.56 Å². The highest BCUT2D eigenvalue weighted by Crippen LogP contribution is 2.23. The lowest BCUT2D eigenvalue weighted by atomic mass is 10.00. The molecule has 0 aliphatic rings. The standard InChI is InChI=1S/C25H24N4O/c30-25(24-19-29(28-27-24)17-9-12-20-10-3-1-4-11-20)26-18-22-15-7-8-16-23(22)21-13-5-2-6-14-21/h1-8,10-11,13-16,19H,9,12,17-18H2,(H,26,30). The van der Waals surface area contributed by atoms with Crippen molar-refractivity contribution >= 4 is 5.91 Å². The number of aromatic nitrogens is 3. The molecule has 4 aromatic rings. The van der Waals surface area contributed by atoms with Gasteiger partial charge < -0.3 is 5.32 Å². The van der Waals surface area contributed by atoms with Crippen LogP contribution < -0.4 is 5.32 Å². The van der Waals surface area contributed by atoms with E-state index in [1.807, 2.05) is 54.6 Å². The fourth-order valence-corrected chi connectivity index (χ4v) is 3.44. The van der Waals surface area contributed by atoms with E-state index < -0.39 is 0 Å². The molecule has 1 aromatic heterocycles. The highest BCUT2D eigenvalue weighted by Gasteiger charge is 2.12. The van der Waals surface area contributed by atoms with E-state index in [2.05, 4.69) is 46.0 Å². The minimum Gasteiger partial charge on any atom is -0.346 e. The number of benzene rings is 3. The van der Waals surface area contributed by atoms with Crippen molar-refractivity contribution in [3.05, 3.63) is 108 Å². The molecule has 150 valence electrons. The van der Waals surface area contributed by atoms with Crippen molar-refractivity contribution in [3.63, 3.8) is 0 Å². The maximum atomic E-state index is 12.5. The number of carbonyl (C=O) groups is 1. The van der Waals surface area contributed by atoms with E-state index in [-0.39, 0.29) is 5.91 Å². The lowest BCUT2D eigenvalue weighted by Crippen LogP contribution is -2.23. The predicted octanol–water partition coefficient (Wildman–Crippen LogP) is 4.51. The molecular formula is C25H24N4O. The first-order valence-electron chi connectivity index (χ1n) is 10.2.